The van der Waals surface area contributed by atoms with Crippen molar-refractivity contribution in [3.05, 3.63) is 35.1 Å². The van der Waals surface area contributed by atoms with Crippen LogP contribution < -0.4 is 5.32 Å². The van der Waals surface area contributed by atoms with Crippen LogP contribution >= 0.6 is 0 Å². The molecule has 0 bridgehead atoms. The standard InChI is InChI=1S/C16H21FN2O/c1-12-3-2-6-16(20,8-12)11-19-10-14-5-4-13(9-18)7-15(14)17/h4-5,7,12,19-20H,2-3,6,8,10-11H2,1H3. The summed E-state index contributed by atoms with van der Waals surface area (Å²) < 4.78 is 13.7. The Balaban J connectivity index is 1.88. The molecule has 2 unspecified atom stereocenters. The SMILES string of the molecule is CC1CCCC(O)(CNCc2ccc(C#N)cc2F)C1. The monoisotopic (exact) mass is 276 g/mol. The lowest BCUT2D eigenvalue weighted by molar-refractivity contribution is -0.0119. The molecule has 0 radical (unpaired) electrons. The van der Waals surface area contributed by atoms with E-state index in [1.807, 2.05) is 6.07 Å². The number of aliphatic hydroxyl groups is 1. The Hall–Kier alpha value is -1.44. The molecular weight excluding hydrogens is 255 g/mol. The van der Waals surface area contributed by atoms with Gasteiger partial charge < -0.3 is 10.4 Å². The summed E-state index contributed by atoms with van der Waals surface area (Å²) in [4.78, 5) is 0. The van der Waals surface area contributed by atoms with Gasteiger partial charge in [-0.05, 0) is 30.9 Å². The lowest BCUT2D eigenvalue weighted by Crippen LogP contribution is -2.43. The van der Waals surface area contributed by atoms with Crippen LogP contribution in [0, 0.1) is 23.1 Å². The first kappa shape index (κ1) is 15.0. The van der Waals surface area contributed by atoms with Crippen molar-refractivity contribution < 1.29 is 9.50 Å². The van der Waals surface area contributed by atoms with Crippen LogP contribution in [0.15, 0.2) is 18.2 Å². The number of rotatable bonds is 4. The average Bonchev–Trinajstić information content (AvgIpc) is 2.40. The molecule has 1 aliphatic carbocycles. The van der Waals surface area contributed by atoms with Crippen molar-refractivity contribution in [1.82, 2.24) is 5.32 Å². The van der Waals surface area contributed by atoms with Gasteiger partial charge in [0, 0.05) is 18.7 Å². The number of hydrogen-bond donors (Lipinski definition) is 2. The summed E-state index contributed by atoms with van der Waals surface area (Å²) >= 11 is 0. The van der Waals surface area contributed by atoms with Crippen LogP contribution in [0.1, 0.15) is 43.7 Å². The molecule has 0 saturated heterocycles. The third kappa shape index (κ3) is 3.78. The van der Waals surface area contributed by atoms with E-state index in [0.717, 1.165) is 19.3 Å². The van der Waals surface area contributed by atoms with Crippen molar-refractivity contribution in [3.8, 4) is 6.07 Å². The van der Waals surface area contributed by atoms with Gasteiger partial charge in [0.25, 0.3) is 0 Å². The molecule has 2 N–H and O–H groups in total. The zero-order valence-corrected chi connectivity index (χ0v) is 11.8. The van der Waals surface area contributed by atoms with Crippen LogP contribution in [0.3, 0.4) is 0 Å². The Bertz CT molecular complexity index is 512. The third-order valence-corrected chi connectivity index (χ3v) is 4.02. The van der Waals surface area contributed by atoms with Gasteiger partial charge in [-0.2, -0.15) is 5.26 Å². The highest BCUT2D eigenvalue weighted by Gasteiger charge is 2.32. The molecule has 3 nitrogen and oxygen atoms in total. The van der Waals surface area contributed by atoms with Gasteiger partial charge in [0.05, 0.1) is 17.2 Å². The van der Waals surface area contributed by atoms with Gasteiger partial charge in [0.1, 0.15) is 5.82 Å². The average molecular weight is 276 g/mol. The smallest absolute Gasteiger partial charge is 0.129 e. The van der Waals surface area contributed by atoms with Crippen LogP contribution in [-0.4, -0.2) is 17.3 Å². The van der Waals surface area contributed by atoms with Gasteiger partial charge in [-0.1, -0.05) is 25.8 Å². The summed E-state index contributed by atoms with van der Waals surface area (Å²) in [6, 6.07) is 6.39. The lowest BCUT2D eigenvalue weighted by Gasteiger charge is -2.35. The van der Waals surface area contributed by atoms with Crippen molar-refractivity contribution in [2.75, 3.05) is 6.54 Å². The molecule has 1 fully saturated rings. The van der Waals surface area contributed by atoms with E-state index < -0.39 is 5.60 Å². The van der Waals surface area contributed by atoms with E-state index in [-0.39, 0.29) is 5.82 Å². The molecule has 0 heterocycles. The maximum absolute atomic E-state index is 13.7. The fourth-order valence-electron chi connectivity index (χ4n) is 2.98. The summed E-state index contributed by atoms with van der Waals surface area (Å²) in [5.74, 6) is 0.169. The molecular formula is C16H21FN2O. The maximum Gasteiger partial charge on any atom is 0.129 e. The zero-order valence-electron chi connectivity index (χ0n) is 11.8. The van der Waals surface area contributed by atoms with Crippen LogP contribution in [0.5, 0.6) is 0 Å². The van der Waals surface area contributed by atoms with E-state index in [1.165, 1.54) is 12.5 Å². The van der Waals surface area contributed by atoms with Crippen molar-refractivity contribution in [2.24, 2.45) is 5.92 Å². The molecule has 0 aliphatic heterocycles. The first-order valence-electron chi connectivity index (χ1n) is 7.14. The molecule has 0 aromatic heterocycles. The van der Waals surface area contributed by atoms with Gasteiger partial charge in [0.2, 0.25) is 0 Å². The highest BCUT2D eigenvalue weighted by atomic mass is 19.1. The quantitative estimate of drug-likeness (QED) is 0.889. The molecule has 0 spiro atoms. The Kier molecular flexibility index (Phi) is 4.74. The number of hydrogen-bond acceptors (Lipinski definition) is 3. The first-order valence-corrected chi connectivity index (χ1v) is 7.14. The van der Waals surface area contributed by atoms with E-state index in [1.54, 1.807) is 12.1 Å². The van der Waals surface area contributed by atoms with E-state index in [9.17, 15) is 9.50 Å². The fraction of sp³-hybridized carbons (Fsp3) is 0.562. The molecule has 20 heavy (non-hydrogen) atoms. The van der Waals surface area contributed by atoms with Crippen LogP contribution in [0.25, 0.3) is 0 Å². The molecule has 0 amide bonds. The fourth-order valence-corrected chi connectivity index (χ4v) is 2.98. The van der Waals surface area contributed by atoms with E-state index >= 15 is 0 Å². The third-order valence-electron chi connectivity index (χ3n) is 4.02. The van der Waals surface area contributed by atoms with Gasteiger partial charge in [0.15, 0.2) is 0 Å². The summed E-state index contributed by atoms with van der Waals surface area (Å²) in [6.07, 6.45) is 3.83. The topological polar surface area (TPSA) is 56.0 Å². The van der Waals surface area contributed by atoms with E-state index in [2.05, 4.69) is 12.2 Å². The second kappa shape index (κ2) is 6.34. The van der Waals surface area contributed by atoms with Gasteiger partial charge in [-0.3, -0.25) is 0 Å². The highest BCUT2D eigenvalue weighted by Crippen LogP contribution is 2.31. The van der Waals surface area contributed by atoms with E-state index in [4.69, 9.17) is 5.26 Å². The minimum atomic E-state index is -0.666. The Morgan fingerprint density at radius 2 is 2.35 bits per heavy atom. The normalized spacial score (nSPS) is 26.2. The summed E-state index contributed by atoms with van der Waals surface area (Å²) in [5, 5.41) is 22.3. The molecule has 108 valence electrons. The Morgan fingerprint density at radius 3 is 3.00 bits per heavy atom. The highest BCUT2D eigenvalue weighted by molar-refractivity contribution is 5.32. The Morgan fingerprint density at radius 1 is 1.55 bits per heavy atom. The zero-order chi connectivity index (χ0) is 14.6. The van der Waals surface area contributed by atoms with Crippen LogP contribution in [0.4, 0.5) is 4.39 Å². The largest absolute Gasteiger partial charge is 0.389 e. The molecule has 2 rings (SSSR count). The molecule has 1 aromatic rings. The summed E-state index contributed by atoms with van der Waals surface area (Å²) in [6.45, 7) is 3.01. The minimum Gasteiger partial charge on any atom is -0.389 e. The number of halogens is 1. The maximum atomic E-state index is 13.7. The van der Waals surface area contributed by atoms with Crippen molar-refractivity contribution in [2.45, 2.75) is 44.8 Å². The van der Waals surface area contributed by atoms with Gasteiger partial charge >= 0.3 is 0 Å². The van der Waals surface area contributed by atoms with E-state index in [0.29, 0.717) is 30.1 Å². The predicted octanol–water partition coefficient (Wildman–Crippen LogP) is 2.73. The molecule has 4 heteroatoms. The number of nitrogens with zero attached hydrogens (tertiary/aromatic N) is 1. The van der Waals surface area contributed by atoms with Crippen molar-refractivity contribution in [3.63, 3.8) is 0 Å². The minimum absolute atomic E-state index is 0.325. The molecule has 1 saturated carbocycles. The molecule has 1 aromatic carbocycles. The second-order valence-corrected chi connectivity index (χ2v) is 5.95. The Labute approximate surface area is 119 Å². The molecule has 1 aliphatic rings. The summed E-state index contributed by atoms with van der Waals surface area (Å²) in [7, 11) is 0. The predicted molar refractivity (Wildman–Crippen MR) is 75.4 cm³/mol. The van der Waals surface area contributed by atoms with Crippen molar-refractivity contribution in [1.29, 1.82) is 5.26 Å². The summed E-state index contributed by atoms with van der Waals surface area (Å²) in [5.41, 5.74) is 0.184. The van der Waals surface area contributed by atoms with Crippen molar-refractivity contribution >= 4 is 0 Å². The number of nitrogens with one attached hydrogen (secondary N) is 1. The number of nitriles is 1. The lowest BCUT2D eigenvalue weighted by atomic mass is 9.79. The van der Waals surface area contributed by atoms with Gasteiger partial charge in [-0.25, -0.2) is 4.39 Å². The first-order chi connectivity index (χ1) is 9.52. The molecule has 2 atom stereocenters. The second-order valence-electron chi connectivity index (χ2n) is 5.95. The van der Waals surface area contributed by atoms with Gasteiger partial charge in [-0.15, -0.1) is 0 Å². The van der Waals surface area contributed by atoms with Crippen LogP contribution in [-0.2, 0) is 6.54 Å². The number of benzene rings is 1. The van der Waals surface area contributed by atoms with Crippen LogP contribution in [0.2, 0.25) is 0 Å².